The fourth-order valence-corrected chi connectivity index (χ4v) is 2.79. The molecule has 0 saturated heterocycles. The Morgan fingerprint density at radius 2 is 2.05 bits per heavy atom. The van der Waals surface area contributed by atoms with Gasteiger partial charge >= 0.3 is 0 Å². The molecule has 2 rings (SSSR count). The van der Waals surface area contributed by atoms with E-state index in [1.54, 1.807) is 23.9 Å². The van der Waals surface area contributed by atoms with E-state index in [0.29, 0.717) is 24.6 Å². The smallest absolute Gasteiger partial charge is 0.221 e. The average molecular weight is 319 g/mol. The molecule has 1 unspecified atom stereocenters. The first-order valence-corrected chi connectivity index (χ1v) is 7.55. The Morgan fingerprint density at radius 1 is 1.40 bits per heavy atom. The second-order valence-corrected chi connectivity index (χ2v) is 5.97. The van der Waals surface area contributed by atoms with Crippen LogP contribution in [0.4, 0.5) is 4.39 Å². The zero-order chi connectivity index (χ0) is 13.7. The molecule has 6 heteroatoms. The molecule has 0 aliphatic heterocycles. The lowest BCUT2D eigenvalue weighted by atomic mass is 10.2. The minimum atomic E-state index is -0.239. The number of hydrogen-bond acceptors (Lipinski definition) is 3. The van der Waals surface area contributed by atoms with Crippen LogP contribution >= 0.6 is 24.2 Å². The third-order valence-corrected chi connectivity index (χ3v) is 4.22. The Labute approximate surface area is 129 Å². The number of benzene rings is 1. The van der Waals surface area contributed by atoms with Crippen LogP contribution in [0.3, 0.4) is 0 Å². The lowest BCUT2D eigenvalue weighted by Gasteiger charge is -2.15. The van der Waals surface area contributed by atoms with Crippen LogP contribution in [0.2, 0.25) is 0 Å². The van der Waals surface area contributed by atoms with Crippen molar-refractivity contribution in [2.75, 3.05) is 12.3 Å². The number of carbonyl (C=O) groups is 1. The third kappa shape index (κ3) is 5.69. The van der Waals surface area contributed by atoms with Crippen molar-refractivity contribution in [3.8, 4) is 0 Å². The molecule has 1 aromatic rings. The first kappa shape index (κ1) is 17.3. The molecule has 1 aromatic carbocycles. The van der Waals surface area contributed by atoms with Gasteiger partial charge in [-0.15, -0.1) is 24.2 Å². The molecule has 20 heavy (non-hydrogen) atoms. The molecular weight excluding hydrogens is 299 g/mol. The van der Waals surface area contributed by atoms with E-state index < -0.39 is 0 Å². The molecule has 1 aliphatic carbocycles. The van der Waals surface area contributed by atoms with Gasteiger partial charge in [-0.2, -0.15) is 0 Å². The Morgan fingerprint density at radius 3 is 2.60 bits per heavy atom. The molecule has 112 valence electrons. The Hall–Kier alpha value is -0.780. The molecule has 0 radical (unpaired) electrons. The van der Waals surface area contributed by atoms with E-state index in [1.165, 1.54) is 25.0 Å². The molecule has 0 bridgehead atoms. The van der Waals surface area contributed by atoms with Crippen LogP contribution in [0.25, 0.3) is 0 Å². The van der Waals surface area contributed by atoms with E-state index in [1.807, 2.05) is 0 Å². The highest BCUT2D eigenvalue weighted by atomic mass is 35.5. The van der Waals surface area contributed by atoms with Crippen molar-refractivity contribution in [1.29, 1.82) is 0 Å². The molecular formula is C14H20ClFN2OS. The van der Waals surface area contributed by atoms with Crippen LogP contribution in [0.15, 0.2) is 29.2 Å². The summed E-state index contributed by atoms with van der Waals surface area (Å²) in [6.07, 6.45) is 2.81. The second kappa shape index (κ2) is 8.49. The number of thioether (sulfide) groups is 1. The zero-order valence-corrected chi connectivity index (χ0v) is 12.8. The molecule has 1 amide bonds. The predicted octanol–water partition coefficient (Wildman–Crippen LogP) is 2.58. The minimum Gasteiger partial charge on any atom is -0.352 e. The van der Waals surface area contributed by atoms with Gasteiger partial charge in [0.15, 0.2) is 0 Å². The lowest BCUT2D eigenvalue weighted by Crippen LogP contribution is -2.41. The van der Waals surface area contributed by atoms with Gasteiger partial charge in [0, 0.05) is 29.7 Å². The predicted molar refractivity (Wildman–Crippen MR) is 82.7 cm³/mol. The van der Waals surface area contributed by atoms with Crippen molar-refractivity contribution in [2.45, 2.75) is 30.2 Å². The van der Waals surface area contributed by atoms with Crippen LogP contribution in [-0.2, 0) is 4.79 Å². The molecule has 1 aliphatic rings. The summed E-state index contributed by atoms with van der Waals surface area (Å²) in [6.45, 7) is 0.515. The highest BCUT2D eigenvalue weighted by Gasteiger charge is 2.30. The zero-order valence-electron chi connectivity index (χ0n) is 11.2. The van der Waals surface area contributed by atoms with Gasteiger partial charge in [-0.3, -0.25) is 4.79 Å². The molecule has 0 heterocycles. The summed E-state index contributed by atoms with van der Waals surface area (Å²) in [5.74, 6) is 1.09. The number of nitrogens with one attached hydrogen (secondary N) is 1. The average Bonchev–Trinajstić information content (AvgIpc) is 3.23. The summed E-state index contributed by atoms with van der Waals surface area (Å²) < 4.78 is 12.7. The van der Waals surface area contributed by atoms with Gasteiger partial charge in [0.2, 0.25) is 5.91 Å². The van der Waals surface area contributed by atoms with E-state index in [0.717, 1.165) is 4.90 Å². The fraction of sp³-hybridized carbons (Fsp3) is 0.500. The van der Waals surface area contributed by atoms with Gasteiger partial charge in [0.25, 0.3) is 0 Å². The summed E-state index contributed by atoms with van der Waals surface area (Å²) in [5, 5.41) is 2.99. The van der Waals surface area contributed by atoms with E-state index in [-0.39, 0.29) is 30.2 Å². The monoisotopic (exact) mass is 318 g/mol. The summed E-state index contributed by atoms with van der Waals surface area (Å²) in [6, 6.07) is 6.46. The Balaban J connectivity index is 0.00000200. The van der Waals surface area contributed by atoms with Gasteiger partial charge in [0.1, 0.15) is 5.82 Å². The largest absolute Gasteiger partial charge is 0.352 e. The summed E-state index contributed by atoms with van der Waals surface area (Å²) in [4.78, 5) is 12.7. The molecule has 1 saturated carbocycles. The van der Waals surface area contributed by atoms with Crippen molar-refractivity contribution in [2.24, 2.45) is 11.7 Å². The maximum atomic E-state index is 12.7. The SMILES string of the molecule is Cl.NCC(NC(=O)CCSc1ccc(F)cc1)C1CC1. The summed E-state index contributed by atoms with van der Waals surface area (Å²) in [5.41, 5.74) is 5.64. The molecule has 3 N–H and O–H groups in total. The molecule has 3 nitrogen and oxygen atoms in total. The van der Waals surface area contributed by atoms with E-state index in [2.05, 4.69) is 5.32 Å². The van der Waals surface area contributed by atoms with Crippen molar-refractivity contribution >= 4 is 30.1 Å². The van der Waals surface area contributed by atoms with Gasteiger partial charge in [-0.1, -0.05) is 0 Å². The van der Waals surface area contributed by atoms with Gasteiger partial charge in [-0.05, 0) is 43.0 Å². The highest BCUT2D eigenvalue weighted by molar-refractivity contribution is 7.99. The molecule has 0 aromatic heterocycles. The number of amides is 1. The fourth-order valence-electron chi connectivity index (χ4n) is 1.94. The second-order valence-electron chi connectivity index (χ2n) is 4.80. The van der Waals surface area contributed by atoms with Crippen LogP contribution in [0.5, 0.6) is 0 Å². The number of nitrogens with two attached hydrogens (primary N) is 1. The lowest BCUT2D eigenvalue weighted by molar-refractivity contribution is -0.121. The maximum Gasteiger partial charge on any atom is 0.221 e. The Kier molecular flexibility index (Phi) is 7.34. The quantitative estimate of drug-likeness (QED) is 0.760. The minimum absolute atomic E-state index is 0. The van der Waals surface area contributed by atoms with Crippen molar-refractivity contribution in [3.05, 3.63) is 30.1 Å². The normalized spacial score (nSPS) is 15.3. The Bertz CT molecular complexity index is 426. The van der Waals surface area contributed by atoms with Crippen molar-refractivity contribution in [1.82, 2.24) is 5.32 Å². The molecule has 0 spiro atoms. The van der Waals surface area contributed by atoms with E-state index in [4.69, 9.17) is 5.73 Å². The molecule has 1 fully saturated rings. The van der Waals surface area contributed by atoms with E-state index in [9.17, 15) is 9.18 Å². The topological polar surface area (TPSA) is 55.1 Å². The first-order chi connectivity index (χ1) is 9.19. The van der Waals surface area contributed by atoms with Crippen LogP contribution < -0.4 is 11.1 Å². The highest BCUT2D eigenvalue weighted by Crippen LogP contribution is 2.32. The van der Waals surface area contributed by atoms with Crippen molar-refractivity contribution in [3.63, 3.8) is 0 Å². The standard InChI is InChI=1S/C14H19FN2OS.ClH/c15-11-3-5-12(6-4-11)19-8-7-14(18)17-13(9-16)10-1-2-10;/h3-6,10,13H,1-2,7-9,16H2,(H,17,18);1H. The third-order valence-electron chi connectivity index (χ3n) is 3.20. The first-order valence-electron chi connectivity index (χ1n) is 6.57. The van der Waals surface area contributed by atoms with Gasteiger partial charge in [0.05, 0.1) is 0 Å². The van der Waals surface area contributed by atoms with Crippen LogP contribution in [0.1, 0.15) is 19.3 Å². The number of rotatable bonds is 7. The van der Waals surface area contributed by atoms with E-state index >= 15 is 0 Å². The number of hydrogen-bond donors (Lipinski definition) is 2. The molecule has 1 atom stereocenters. The van der Waals surface area contributed by atoms with Crippen LogP contribution in [-0.4, -0.2) is 24.2 Å². The van der Waals surface area contributed by atoms with Crippen LogP contribution in [0, 0.1) is 11.7 Å². The number of halogens is 2. The van der Waals surface area contributed by atoms with Crippen molar-refractivity contribution < 1.29 is 9.18 Å². The maximum absolute atomic E-state index is 12.7. The van der Waals surface area contributed by atoms with Gasteiger partial charge < -0.3 is 11.1 Å². The summed E-state index contributed by atoms with van der Waals surface area (Å²) in [7, 11) is 0. The number of carbonyl (C=O) groups excluding carboxylic acids is 1. The van der Waals surface area contributed by atoms with Gasteiger partial charge in [-0.25, -0.2) is 4.39 Å². The summed E-state index contributed by atoms with van der Waals surface area (Å²) >= 11 is 1.56.